The molecule has 1 amide bonds. The highest BCUT2D eigenvalue weighted by molar-refractivity contribution is 6.42. The third-order valence-electron chi connectivity index (χ3n) is 3.91. The van der Waals surface area contributed by atoms with Crippen molar-refractivity contribution in [2.24, 2.45) is 11.7 Å². The van der Waals surface area contributed by atoms with Crippen LogP contribution in [0.25, 0.3) is 0 Å². The highest BCUT2D eigenvalue weighted by atomic mass is 35.5. The van der Waals surface area contributed by atoms with Gasteiger partial charge >= 0.3 is 0 Å². The number of amides is 1. The van der Waals surface area contributed by atoms with Gasteiger partial charge in [-0.2, -0.15) is 0 Å². The standard InChI is InChI=1S/C15H20Cl2N2O.ClH/c1-10-4-5-19(12(6-10)9-18)15(20)8-11-2-3-13(16)14(17)7-11;/h2-3,7,10,12H,4-6,8-9,18H2,1H3;1H. The van der Waals surface area contributed by atoms with E-state index >= 15 is 0 Å². The summed E-state index contributed by atoms with van der Waals surface area (Å²) < 4.78 is 0. The number of carbonyl (C=O) groups excluding carboxylic acids is 1. The van der Waals surface area contributed by atoms with Crippen LogP contribution in [0, 0.1) is 5.92 Å². The lowest BCUT2D eigenvalue weighted by Crippen LogP contribution is -2.49. The lowest BCUT2D eigenvalue weighted by atomic mass is 9.92. The van der Waals surface area contributed by atoms with Crippen LogP contribution in [0.3, 0.4) is 0 Å². The molecule has 6 heteroatoms. The smallest absolute Gasteiger partial charge is 0.227 e. The van der Waals surface area contributed by atoms with Gasteiger partial charge in [-0.3, -0.25) is 4.79 Å². The number of halogens is 3. The fraction of sp³-hybridized carbons (Fsp3) is 0.533. The zero-order chi connectivity index (χ0) is 14.7. The molecule has 0 aliphatic carbocycles. The average Bonchev–Trinajstić information content (AvgIpc) is 2.42. The molecule has 0 bridgehead atoms. The van der Waals surface area contributed by atoms with E-state index in [1.807, 2.05) is 11.0 Å². The van der Waals surface area contributed by atoms with Gasteiger partial charge in [0, 0.05) is 19.1 Å². The molecule has 1 heterocycles. The summed E-state index contributed by atoms with van der Waals surface area (Å²) in [7, 11) is 0. The first kappa shape index (κ1) is 18.6. The van der Waals surface area contributed by atoms with Gasteiger partial charge in [0.2, 0.25) is 5.91 Å². The van der Waals surface area contributed by atoms with Gasteiger partial charge in [0.15, 0.2) is 0 Å². The Balaban J connectivity index is 0.00000220. The molecule has 1 aromatic carbocycles. The zero-order valence-corrected chi connectivity index (χ0v) is 14.3. The number of likely N-dealkylation sites (tertiary alicyclic amines) is 1. The van der Waals surface area contributed by atoms with Crippen LogP contribution < -0.4 is 5.73 Å². The number of carbonyl (C=O) groups is 1. The Morgan fingerprint density at radius 2 is 2.10 bits per heavy atom. The van der Waals surface area contributed by atoms with Crippen molar-refractivity contribution in [3.63, 3.8) is 0 Å². The third-order valence-corrected chi connectivity index (χ3v) is 4.65. The predicted molar refractivity (Wildman–Crippen MR) is 90.4 cm³/mol. The molecule has 3 nitrogen and oxygen atoms in total. The van der Waals surface area contributed by atoms with Gasteiger partial charge in [0.25, 0.3) is 0 Å². The largest absolute Gasteiger partial charge is 0.338 e. The maximum atomic E-state index is 12.4. The molecule has 1 saturated heterocycles. The van der Waals surface area contributed by atoms with Crippen LogP contribution in [0.2, 0.25) is 10.0 Å². The van der Waals surface area contributed by atoms with Crippen molar-refractivity contribution < 1.29 is 4.79 Å². The summed E-state index contributed by atoms with van der Waals surface area (Å²) in [6, 6.07) is 5.49. The fourth-order valence-corrected chi connectivity index (χ4v) is 3.05. The Kier molecular flexibility index (Phi) is 7.28. The Labute approximate surface area is 142 Å². The van der Waals surface area contributed by atoms with Crippen molar-refractivity contribution in [1.82, 2.24) is 4.90 Å². The molecule has 0 aromatic heterocycles. The summed E-state index contributed by atoms with van der Waals surface area (Å²) in [4.78, 5) is 14.4. The first-order valence-electron chi connectivity index (χ1n) is 6.94. The van der Waals surface area contributed by atoms with Crippen molar-refractivity contribution in [3.8, 4) is 0 Å². The van der Waals surface area contributed by atoms with E-state index < -0.39 is 0 Å². The van der Waals surface area contributed by atoms with E-state index in [9.17, 15) is 4.79 Å². The minimum atomic E-state index is 0. The van der Waals surface area contributed by atoms with Crippen molar-refractivity contribution in [1.29, 1.82) is 0 Å². The van der Waals surface area contributed by atoms with Gasteiger partial charge in [0.1, 0.15) is 0 Å². The first-order chi connectivity index (χ1) is 9.51. The lowest BCUT2D eigenvalue weighted by molar-refractivity contribution is -0.134. The average molecular weight is 352 g/mol. The van der Waals surface area contributed by atoms with Crippen LogP contribution in [-0.4, -0.2) is 29.9 Å². The molecular formula is C15H21Cl3N2O. The summed E-state index contributed by atoms with van der Waals surface area (Å²) in [5, 5.41) is 0.995. The second-order valence-corrected chi connectivity index (χ2v) is 6.35. The SMILES string of the molecule is CC1CCN(C(=O)Cc2ccc(Cl)c(Cl)c2)C(CN)C1.Cl. The van der Waals surface area contributed by atoms with E-state index in [1.165, 1.54) is 0 Å². The summed E-state index contributed by atoms with van der Waals surface area (Å²) in [5.41, 5.74) is 6.69. The molecule has 1 aromatic rings. The quantitative estimate of drug-likeness (QED) is 0.905. The Hall–Kier alpha value is -0.480. The van der Waals surface area contributed by atoms with Gasteiger partial charge in [-0.05, 0) is 36.5 Å². The Bertz CT molecular complexity index is 496. The molecule has 0 radical (unpaired) electrons. The number of rotatable bonds is 3. The van der Waals surface area contributed by atoms with Crippen LogP contribution in [0.4, 0.5) is 0 Å². The summed E-state index contributed by atoms with van der Waals surface area (Å²) in [6.07, 6.45) is 2.38. The first-order valence-corrected chi connectivity index (χ1v) is 7.70. The van der Waals surface area contributed by atoms with Crippen LogP contribution in [-0.2, 0) is 11.2 Å². The molecule has 2 N–H and O–H groups in total. The van der Waals surface area contributed by atoms with Crippen LogP contribution >= 0.6 is 35.6 Å². The predicted octanol–water partition coefficient (Wildman–Crippen LogP) is 3.54. The molecule has 2 atom stereocenters. The van der Waals surface area contributed by atoms with Crippen molar-refractivity contribution >= 4 is 41.5 Å². The number of nitrogens with two attached hydrogens (primary N) is 1. The molecule has 1 aliphatic rings. The fourth-order valence-electron chi connectivity index (χ4n) is 2.73. The highest BCUT2D eigenvalue weighted by Crippen LogP contribution is 2.25. The van der Waals surface area contributed by atoms with E-state index in [4.69, 9.17) is 28.9 Å². The molecule has 0 spiro atoms. The molecular weight excluding hydrogens is 331 g/mol. The van der Waals surface area contributed by atoms with Crippen molar-refractivity contribution in [2.45, 2.75) is 32.2 Å². The van der Waals surface area contributed by atoms with E-state index in [2.05, 4.69) is 6.92 Å². The van der Waals surface area contributed by atoms with Gasteiger partial charge in [-0.15, -0.1) is 12.4 Å². The summed E-state index contributed by atoms with van der Waals surface area (Å²) in [6.45, 7) is 3.53. The Morgan fingerprint density at radius 3 is 2.71 bits per heavy atom. The van der Waals surface area contributed by atoms with E-state index in [0.29, 0.717) is 28.9 Å². The minimum Gasteiger partial charge on any atom is -0.338 e. The molecule has 118 valence electrons. The van der Waals surface area contributed by atoms with Crippen LogP contribution in [0.1, 0.15) is 25.3 Å². The topological polar surface area (TPSA) is 46.3 Å². The number of benzene rings is 1. The Morgan fingerprint density at radius 1 is 1.38 bits per heavy atom. The minimum absolute atomic E-state index is 0. The zero-order valence-electron chi connectivity index (χ0n) is 12.0. The molecule has 2 unspecified atom stereocenters. The maximum Gasteiger partial charge on any atom is 0.227 e. The summed E-state index contributed by atoms with van der Waals surface area (Å²) in [5.74, 6) is 0.753. The maximum absolute atomic E-state index is 12.4. The van der Waals surface area contributed by atoms with Gasteiger partial charge in [0.05, 0.1) is 16.5 Å². The molecule has 1 fully saturated rings. The van der Waals surface area contributed by atoms with Crippen molar-refractivity contribution in [3.05, 3.63) is 33.8 Å². The number of nitrogens with zero attached hydrogens (tertiary/aromatic N) is 1. The number of hydrogen-bond acceptors (Lipinski definition) is 2. The molecule has 21 heavy (non-hydrogen) atoms. The third kappa shape index (κ3) is 4.75. The second kappa shape index (κ2) is 8.23. The lowest BCUT2D eigenvalue weighted by Gasteiger charge is -2.38. The van der Waals surface area contributed by atoms with Gasteiger partial charge in [-0.25, -0.2) is 0 Å². The number of hydrogen-bond donors (Lipinski definition) is 1. The number of piperidine rings is 1. The molecule has 1 aliphatic heterocycles. The van der Waals surface area contributed by atoms with Gasteiger partial charge in [-0.1, -0.05) is 36.2 Å². The molecule has 2 rings (SSSR count). The monoisotopic (exact) mass is 350 g/mol. The van der Waals surface area contributed by atoms with Crippen LogP contribution in [0.5, 0.6) is 0 Å². The van der Waals surface area contributed by atoms with Crippen LogP contribution in [0.15, 0.2) is 18.2 Å². The summed E-state index contributed by atoms with van der Waals surface area (Å²) >= 11 is 11.9. The highest BCUT2D eigenvalue weighted by Gasteiger charge is 2.28. The van der Waals surface area contributed by atoms with E-state index in [-0.39, 0.29) is 24.4 Å². The van der Waals surface area contributed by atoms with Crippen molar-refractivity contribution in [2.75, 3.05) is 13.1 Å². The van der Waals surface area contributed by atoms with Gasteiger partial charge < -0.3 is 10.6 Å². The van der Waals surface area contributed by atoms with E-state index in [1.54, 1.807) is 12.1 Å². The van der Waals surface area contributed by atoms with E-state index in [0.717, 1.165) is 24.9 Å². The normalized spacial score (nSPS) is 21.8. The molecule has 0 saturated carbocycles. The second-order valence-electron chi connectivity index (χ2n) is 5.53.